The second-order valence-electron chi connectivity index (χ2n) is 10.1. The number of hydrogen-bond donors (Lipinski definition) is 0. The van der Waals surface area contributed by atoms with E-state index in [0.717, 1.165) is 23.6 Å². The maximum Gasteiger partial charge on any atom is 0.410 e. The molecule has 2 aromatic rings. The van der Waals surface area contributed by atoms with Crippen LogP contribution in [0.4, 0.5) is 4.79 Å². The lowest BCUT2D eigenvalue weighted by molar-refractivity contribution is -0.0218. The van der Waals surface area contributed by atoms with E-state index in [1.165, 1.54) is 18.4 Å². The molecule has 1 fully saturated rings. The average Bonchev–Trinajstić information content (AvgIpc) is 2.75. The summed E-state index contributed by atoms with van der Waals surface area (Å²) in [5.74, 6) is 0.547. The zero-order valence-corrected chi connectivity index (χ0v) is 22.6. The van der Waals surface area contributed by atoms with Gasteiger partial charge < -0.3 is 9.47 Å². The molecule has 0 saturated carbocycles. The number of carbonyl (C=O) groups excluding carboxylic acids is 1. The van der Waals surface area contributed by atoms with Crippen LogP contribution in [-0.2, 0) is 21.0 Å². The molecule has 1 aliphatic rings. The van der Waals surface area contributed by atoms with Gasteiger partial charge in [-0.05, 0) is 76.1 Å². The molecule has 1 heterocycles. The van der Waals surface area contributed by atoms with Crippen LogP contribution in [0.15, 0.2) is 53.4 Å². The van der Waals surface area contributed by atoms with Crippen molar-refractivity contribution in [1.82, 2.24) is 9.80 Å². The van der Waals surface area contributed by atoms with E-state index < -0.39 is 15.4 Å². The van der Waals surface area contributed by atoms with Crippen LogP contribution in [0.2, 0.25) is 5.02 Å². The summed E-state index contributed by atoms with van der Waals surface area (Å²) >= 11 is 6.14. The number of sulfone groups is 1. The first-order valence-electron chi connectivity index (χ1n) is 11.7. The molecule has 2 aromatic carbocycles. The molecule has 2 atom stereocenters. The standard InChI is InChI=1S/C26H35ClN2O5S/c1-19-16-29(25(30)34-26(2,3)4)22(17-28(19)14-13-20-7-6-8-21(27)15-20)18-33-23-9-11-24(12-10-23)35(5,31)32/h6-12,15,19,22H,13-14,16-18H2,1-5H3. The largest absolute Gasteiger partial charge is 0.491 e. The van der Waals surface area contributed by atoms with Gasteiger partial charge >= 0.3 is 6.09 Å². The predicted octanol–water partition coefficient (Wildman–Crippen LogP) is 4.67. The van der Waals surface area contributed by atoms with Crippen molar-refractivity contribution in [1.29, 1.82) is 0 Å². The first-order chi connectivity index (χ1) is 16.3. The first kappa shape index (κ1) is 27.3. The SMILES string of the molecule is CC1CN(C(=O)OC(C)(C)C)C(COc2ccc(S(C)(=O)=O)cc2)CN1CCc1cccc(Cl)c1. The minimum atomic E-state index is -3.28. The third kappa shape index (κ3) is 8.12. The highest BCUT2D eigenvalue weighted by molar-refractivity contribution is 7.90. The highest BCUT2D eigenvalue weighted by atomic mass is 35.5. The van der Waals surface area contributed by atoms with Gasteiger partial charge in [-0.1, -0.05) is 23.7 Å². The van der Waals surface area contributed by atoms with Crippen LogP contribution >= 0.6 is 11.6 Å². The molecule has 0 radical (unpaired) electrons. The average molecular weight is 523 g/mol. The zero-order chi connectivity index (χ0) is 25.8. The maximum absolute atomic E-state index is 13.0. The van der Waals surface area contributed by atoms with Crippen LogP contribution in [0.5, 0.6) is 5.75 Å². The van der Waals surface area contributed by atoms with Crippen LogP contribution < -0.4 is 4.74 Å². The molecule has 1 saturated heterocycles. The molecule has 1 aliphatic heterocycles. The number of nitrogens with zero attached hydrogens (tertiary/aromatic N) is 2. The molecule has 3 rings (SSSR count). The highest BCUT2D eigenvalue weighted by Gasteiger charge is 2.37. The molecular weight excluding hydrogens is 488 g/mol. The predicted molar refractivity (Wildman–Crippen MR) is 138 cm³/mol. The van der Waals surface area contributed by atoms with E-state index in [0.29, 0.717) is 18.8 Å². The van der Waals surface area contributed by atoms with Crippen molar-refractivity contribution in [2.24, 2.45) is 0 Å². The van der Waals surface area contributed by atoms with Crippen molar-refractivity contribution in [3.63, 3.8) is 0 Å². The Morgan fingerprint density at radius 2 is 1.80 bits per heavy atom. The molecule has 35 heavy (non-hydrogen) atoms. The van der Waals surface area contributed by atoms with Gasteiger partial charge in [-0.15, -0.1) is 0 Å². The Bertz CT molecular complexity index is 1120. The summed E-state index contributed by atoms with van der Waals surface area (Å²) in [6, 6.07) is 14.1. The number of benzene rings is 2. The number of carbonyl (C=O) groups is 1. The minimum Gasteiger partial charge on any atom is -0.491 e. The first-order valence-corrected chi connectivity index (χ1v) is 14.0. The van der Waals surface area contributed by atoms with Crippen LogP contribution in [0.1, 0.15) is 33.3 Å². The van der Waals surface area contributed by atoms with Crippen LogP contribution in [-0.4, -0.2) is 74.5 Å². The molecule has 1 amide bonds. The Balaban J connectivity index is 1.71. The number of amides is 1. The maximum atomic E-state index is 13.0. The molecule has 9 heteroatoms. The fourth-order valence-electron chi connectivity index (χ4n) is 4.04. The highest BCUT2D eigenvalue weighted by Crippen LogP contribution is 2.22. The lowest BCUT2D eigenvalue weighted by atomic mass is 10.1. The minimum absolute atomic E-state index is 0.145. The van der Waals surface area contributed by atoms with Crippen LogP contribution in [0.25, 0.3) is 0 Å². The van der Waals surface area contributed by atoms with Crippen molar-refractivity contribution >= 4 is 27.5 Å². The van der Waals surface area contributed by atoms with Crippen molar-refractivity contribution in [2.75, 3.05) is 32.5 Å². The van der Waals surface area contributed by atoms with Crippen LogP contribution in [0.3, 0.4) is 0 Å². The summed E-state index contributed by atoms with van der Waals surface area (Å²) in [4.78, 5) is 17.3. The third-order valence-electron chi connectivity index (χ3n) is 5.87. The van der Waals surface area contributed by atoms with E-state index in [1.807, 2.05) is 39.0 Å². The Morgan fingerprint density at radius 1 is 1.11 bits per heavy atom. The van der Waals surface area contributed by atoms with E-state index in [2.05, 4.69) is 17.9 Å². The lowest BCUT2D eigenvalue weighted by Gasteiger charge is -2.45. The summed E-state index contributed by atoms with van der Waals surface area (Å²) in [5.41, 5.74) is 0.565. The number of halogens is 1. The Kier molecular flexibility index (Phi) is 8.72. The molecule has 0 N–H and O–H groups in total. The van der Waals surface area contributed by atoms with Gasteiger partial charge in [0.05, 0.1) is 10.9 Å². The number of ether oxygens (including phenoxy) is 2. The van der Waals surface area contributed by atoms with E-state index in [1.54, 1.807) is 17.0 Å². The van der Waals surface area contributed by atoms with Crippen LogP contribution in [0, 0.1) is 0 Å². The number of rotatable bonds is 7. The topological polar surface area (TPSA) is 76.1 Å². The molecule has 0 spiro atoms. The summed E-state index contributed by atoms with van der Waals surface area (Å²) in [6.07, 6.45) is 1.65. The van der Waals surface area contributed by atoms with E-state index in [-0.39, 0.29) is 29.7 Å². The molecule has 7 nitrogen and oxygen atoms in total. The van der Waals surface area contributed by atoms with Gasteiger partial charge in [0.25, 0.3) is 0 Å². The van der Waals surface area contributed by atoms with E-state index in [4.69, 9.17) is 21.1 Å². The van der Waals surface area contributed by atoms with Crippen molar-refractivity contribution in [2.45, 2.75) is 56.7 Å². The van der Waals surface area contributed by atoms with Gasteiger partial charge in [0, 0.05) is 37.0 Å². The fourth-order valence-corrected chi connectivity index (χ4v) is 4.88. The molecule has 2 unspecified atom stereocenters. The summed E-state index contributed by atoms with van der Waals surface area (Å²) in [6.45, 7) is 9.89. The molecule has 0 bridgehead atoms. The van der Waals surface area contributed by atoms with Crippen molar-refractivity contribution in [3.05, 3.63) is 59.1 Å². The Labute approximate surface area is 213 Å². The second kappa shape index (κ2) is 11.2. The monoisotopic (exact) mass is 522 g/mol. The normalized spacial score (nSPS) is 19.4. The summed E-state index contributed by atoms with van der Waals surface area (Å²) in [7, 11) is -3.28. The zero-order valence-electron chi connectivity index (χ0n) is 21.0. The summed E-state index contributed by atoms with van der Waals surface area (Å²) < 4.78 is 35.1. The third-order valence-corrected chi connectivity index (χ3v) is 7.23. The van der Waals surface area contributed by atoms with Gasteiger partial charge in [-0.2, -0.15) is 0 Å². The Morgan fingerprint density at radius 3 is 2.40 bits per heavy atom. The van der Waals surface area contributed by atoms with Crippen molar-refractivity contribution < 1.29 is 22.7 Å². The molecule has 0 aliphatic carbocycles. The Hall–Kier alpha value is -2.29. The van der Waals surface area contributed by atoms with E-state index >= 15 is 0 Å². The number of piperazine rings is 1. The molecule has 0 aromatic heterocycles. The molecule has 192 valence electrons. The lowest BCUT2D eigenvalue weighted by Crippen LogP contribution is -2.61. The second-order valence-corrected chi connectivity index (χ2v) is 12.5. The number of hydrogen-bond acceptors (Lipinski definition) is 6. The quantitative estimate of drug-likeness (QED) is 0.525. The van der Waals surface area contributed by atoms with Crippen molar-refractivity contribution in [3.8, 4) is 5.75 Å². The van der Waals surface area contributed by atoms with Gasteiger partial charge in [0.1, 0.15) is 18.0 Å². The summed E-state index contributed by atoms with van der Waals surface area (Å²) in [5, 5.41) is 0.721. The molecular formula is C26H35ClN2O5S. The smallest absolute Gasteiger partial charge is 0.410 e. The van der Waals surface area contributed by atoms with Gasteiger partial charge in [-0.25, -0.2) is 13.2 Å². The van der Waals surface area contributed by atoms with E-state index in [9.17, 15) is 13.2 Å². The fraction of sp³-hybridized carbons (Fsp3) is 0.500. The van der Waals surface area contributed by atoms with Gasteiger partial charge in [0.2, 0.25) is 0 Å². The van der Waals surface area contributed by atoms with Gasteiger partial charge in [-0.3, -0.25) is 9.80 Å². The van der Waals surface area contributed by atoms with Gasteiger partial charge in [0.15, 0.2) is 9.84 Å².